The van der Waals surface area contributed by atoms with Gasteiger partial charge in [0.25, 0.3) is 0 Å². The monoisotopic (exact) mass is 522 g/mol. The van der Waals surface area contributed by atoms with Gasteiger partial charge in [0.1, 0.15) is 23.0 Å². The van der Waals surface area contributed by atoms with Crippen LogP contribution in [0, 0.1) is 18.6 Å². The van der Waals surface area contributed by atoms with Crippen LogP contribution in [0.2, 0.25) is 0 Å². The van der Waals surface area contributed by atoms with Crippen molar-refractivity contribution in [3.8, 4) is 11.3 Å². The number of anilines is 1. The number of hydrogen-bond donors (Lipinski definition) is 2. The first-order valence-corrected chi connectivity index (χ1v) is 12.9. The Morgan fingerprint density at radius 1 is 1.18 bits per heavy atom. The number of pyridine rings is 2. The molecule has 0 spiro atoms. The molecule has 0 bridgehead atoms. The molecule has 6 nitrogen and oxygen atoms in total. The predicted molar refractivity (Wildman–Crippen MR) is 147 cm³/mol. The molecule has 0 radical (unpaired) electrons. The first-order valence-electron chi connectivity index (χ1n) is 12.9. The van der Waals surface area contributed by atoms with E-state index in [4.69, 9.17) is 10.5 Å². The number of aromatic nitrogens is 2. The predicted octanol–water partition coefficient (Wildman–Crippen LogP) is 6.35. The van der Waals surface area contributed by atoms with Crippen LogP contribution >= 0.6 is 0 Å². The van der Waals surface area contributed by atoms with E-state index in [0.717, 1.165) is 31.0 Å². The zero-order valence-electron chi connectivity index (χ0n) is 22.4. The maximum atomic E-state index is 14.3. The number of hydrogen-bond acceptors (Lipinski definition) is 6. The highest BCUT2D eigenvalue weighted by molar-refractivity contribution is 5.75. The second-order valence-corrected chi connectivity index (χ2v) is 9.28. The van der Waals surface area contributed by atoms with Gasteiger partial charge in [0.05, 0.1) is 18.5 Å². The quantitative estimate of drug-likeness (QED) is 0.265. The van der Waals surface area contributed by atoms with Gasteiger partial charge in [-0.15, -0.1) is 0 Å². The molecule has 0 fully saturated rings. The van der Waals surface area contributed by atoms with Crippen LogP contribution < -0.4 is 11.1 Å². The van der Waals surface area contributed by atoms with Gasteiger partial charge >= 0.3 is 0 Å². The molecule has 202 valence electrons. The van der Waals surface area contributed by atoms with E-state index in [-0.39, 0.29) is 23.0 Å². The average molecular weight is 523 g/mol. The number of aryl methyl sites for hydroxylation is 1. The zero-order chi connectivity index (χ0) is 27.7. The van der Waals surface area contributed by atoms with Crippen LogP contribution in [-0.2, 0) is 11.3 Å². The van der Waals surface area contributed by atoms with Crippen LogP contribution in [0.3, 0.4) is 0 Å². The number of allylic oxidation sites excluding steroid dienone is 1. The summed E-state index contributed by atoms with van der Waals surface area (Å²) in [6.45, 7) is 6.54. The number of benzene rings is 1. The van der Waals surface area contributed by atoms with Crippen LogP contribution in [0.25, 0.3) is 11.3 Å². The van der Waals surface area contributed by atoms with Crippen molar-refractivity contribution in [3.63, 3.8) is 0 Å². The smallest absolute Gasteiger partial charge is 0.168 e. The Hall–Kier alpha value is -3.49. The van der Waals surface area contributed by atoms with Crippen molar-refractivity contribution in [2.75, 3.05) is 19.0 Å². The summed E-state index contributed by atoms with van der Waals surface area (Å²) in [4.78, 5) is 18.8. The second kappa shape index (κ2) is 13.9. The van der Waals surface area contributed by atoms with E-state index in [1.54, 1.807) is 13.0 Å². The lowest BCUT2D eigenvalue weighted by molar-refractivity contribution is 0.111. The number of aldehydes is 1. The number of rotatable bonds is 8. The minimum Gasteiger partial charge on any atom is -0.387 e. The zero-order valence-corrected chi connectivity index (χ0v) is 22.4. The molecule has 0 saturated carbocycles. The lowest BCUT2D eigenvalue weighted by Crippen LogP contribution is -2.25. The lowest BCUT2D eigenvalue weighted by Gasteiger charge is -2.28. The minimum absolute atomic E-state index is 0.0589. The Kier molecular flexibility index (Phi) is 10.6. The molecule has 2 heterocycles. The van der Waals surface area contributed by atoms with E-state index in [2.05, 4.69) is 34.4 Å². The summed E-state index contributed by atoms with van der Waals surface area (Å²) >= 11 is 0. The van der Waals surface area contributed by atoms with Crippen LogP contribution in [0.15, 0.2) is 54.4 Å². The molecule has 2 aromatic heterocycles. The molecule has 1 aromatic carbocycles. The molecule has 0 saturated heterocycles. The molecule has 2 unspecified atom stereocenters. The molecule has 3 N–H and O–H groups in total. The molecule has 8 heteroatoms. The second-order valence-electron chi connectivity index (χ2n) is 9.28. The van der Waals surface area contributed by atoms with Crippen LogP contribution in [0.5, 0.6) is 0 Å². The third-order valence-electron chi connectivity index (χ3n) is 6.58. The van der Waals surface area contributed by atoms with Crippen molar-refractivity contribution in [2.45, 2.75) is 58.6 Å². The largest absolute Gasteiger partial charge is 0.387 e. The molecular weight excluding hydrogens is 486 g/mol. The summed E-state index contributed by atoms with van der Waals surface area (Å²) in [6.07, 6.45) is 9.75. The van der Waals surface area contributed by atoms with Gasteiger partial charge in [-0.25, -0.2) is 13.8 Å². The van der Waals surface area contributed by atoms with E-state index in [1.165, 1.54) is 23.3 Å². The Morgan fingerprint density at radius 2 is 1.97 bits per heavy atom. The van der Waals surface area contributed by atoms with Gasteiger partial charge in [-0.05, 0) is 80.0 Å². The summed E-state index contributed by atoms with van der Waals surface area (Å²) in [5, 5.41) is 3.22. The van der Waals surface area contributed by atoms with E-state index in [9.17, 15) is 13.6 Å². The highest BCUT2D eigenvalue weighted by Gasteiger charge is 2.23. The molecule has 1 aliphatic rings. The Labute approximate surface area is 223 Å². The van der Waals surface area contributed by atoms with Gasteiger partial charge in [-0.3, -0.25) is 9.78 Å². The normalized spacial score (nSPS) is 16.8. The molecule has 2 atom stereocenters. The number of ether oxygens (including phenoxy) is 1. The van der Waals surface area contributed by atoms with Crippen molar-refractivity contribution in [1.29, 1.82) is 0 Å². The fourth-order valence-electron chi connectivity index (χ4n) is 4.75. The van der Waals surface area contributed by atoms with Gasteiger partial charge < -0.3 is 15.8 Å². The summed E-state index contributed by atoms with van der Waals surface area (Å²) in [5.74, 6) is -0.727. The third kappa shape index (κ3) is 7.30. The maximum absolute atomic E-state index is 14.3. The van der Waals surface area contributed by atoms with Gasteiger partial charge in [-0.2, -0.15) is 0 Å². The fourth-order valence-corrected chi connectivity index (χ4v) is 4.75. The van der Waals surface area contributed by atoms with Crippen molar-refractivity contribution in [2.24, 2.45) is 5.73 Å². The fraction of sp³-hybridized carbons (Fsp3) is 0.367. The highest BCUT2D eigenvalue weighted by Crippen LogP contribution is 2.36. The summed E-state index contributed by atoms with van der Waals surface area (Å²) in [5.41, 5.74) is 11.2. The van der Waals surface area contributed by atoms with Gasteiger partial charge in [0, 0.05) is 31.5 Å². The highest BCUT2D eigenvalue weighted by atomic mass is 19.1. The van der Waals surface area contributed by atoms with Gasteiger partial charge in [0.2, 0.25) is 0 Å². The molecule has 1 aliphatic carbocycles. The first-order chi connectivity index (χ1) is 18.3. The average Bonchev–Trinajstić information content (AvgIpc) is 2.92. The van der Waals surface area contributed by atoms with E-state index < -0.39 is 11.6 Å². The maximum Gasteiger partial charge on any atom is 0.168 e. The molecular formula is C30H36F2N4O2. The van der Waals surface area contributed by atoms with Gasteiger partial charge in [-0.1, -0.05) is 24.6 Å². The third-order valence-corrected chi connectivity index (χ3v) is 6.58. The van der Waals surface area contributed by atoms with Crippen molar-refractivity contribution in [3.05, 3.63) is 88.4 Å². The molecule has 0 aliphatic heterocycles. The van der Waals surface area contributed by atoms with Crippen molar-refractivity contribution in [1.82, 2.24) is 9.97 Å². The van der Waals surface area contributed by atoms with Crippen LogP contribution in [-0.4, -0.2) is 36.0 Å². The number of halogens is 2. The Balaban J connectivity index is 0.000000215. The van der Waals surface area contributed by atoms with E-state index in [1.807, 2.05) is 26.4 Å². The summed E-state index contributed by atoms with van der Waals surface area (Å²) in [6, 6.07) is 7.69. The first kappa shape index (κ1) is 29.1. The number of carbonyl (C=O) groups is 1. The Bertz CT molecular complexity index is 1260. The lowest BCUT2D eigenvalue weighted by atomic mass is 9.81. The van der Waals surface area contributed by atoms with E-state index in [0.29, 0.717) is 36.5 Å². The number of nitrogens with two attached hydrogens (primary N) is 1. The minimum atomic E-state index is -0.667. The standard InChI is InChI=1S/C16H15F2NO2.C14H21N3/c1-3-21-9-11-6-10(2)15(14(18)7-11)16-13(17)5-4-12(8-20)19-16;1-3-10-6-11(8-12(15)7-10)13-4-5-17-9-14(13)16-2/h4-8H,3,9H2,1-2H3;4-5,7,9,11-12,16H,3,6,8,15H2,1-2H3. The molecule has 4 rings (SSSR count). The Morgan fingerprint density at radius 3 is 2.63 bits per heavy atom. The molecule has 3 aromatic rings. The van der Waals surface area contributed by atoms with Crippen LogP contribution in [0.1, 0.15) is 66.2 Å². The number of carbonyl (C=O) groups excluding carboxylic acids is 1. The van der Waals surface area contributed by atoms with Crippen molar-refractivity contribution < 1.29 is 18.3 Å². The summed E-state index contributed by atoms with van der Waals surface area (Å²) < 4.78 is 33.4. The summed E-state index contributed by atoms with van der Waals surface area (Å²) in [7, 11) is 1.94. The van der Waals surface area contributed by atoms with Crippen molar-refractivity contribution >= 4 is 12.0 Å². The van der Waals surface area contributed by atoms with Gasteiger partial charge in [0.15, 0.2) is 6.29 Å². The number of nitrogens with one attached hydrogen (secondary N) is 1. The topological polar surface area (TPSA) is 90.1 Å². The van der Waals surface area contributed by atoms with Crippen LogP contribution in [0.4, 0.5) is 14.5 Å². The number of nitrogens with zero attached hydrogens (tertiary/aromatic N) is 2. The SMILES string of the molecule is CCC1=CC(N)CC(c2ccncc2NC)C1.CCOCc1cc(C)c(-c2nc(C=O)ccc2F)c(F)c1. The van der Waals surface area contributed by atoms with E-state index >= 15 is 0 Å². The molecule has 0 amide bonds. The molecule has 38 heavy (non-hydrogen) atoms.